The number of hydrogen-bond acceptors (Lipinski definition) is 6. The number of hydrogen-bond donors (Lipinski definition) is 1. The molecule has 0 saturated carbocycles. The van der Waals surface area contributed by atoms with E-state index in [-0.39, 0.29) is 28.1 Å². The highest BCUT2D eigenvalue weighted by atomic mass is 16.5. The van der Waals surface area contributed by atoms with E-state index in [1.165, 1.54) is 10.9 Å². The number of morpholine rings is 1. The van der Waals surface area contributed by atoms with Gasteiger partial charge in [0.05, 0.1) is 18.8 Å². The molecule has 8 nitrogen and oxygen atoms in total. The molecular formula is C20H22N4O4. The van der Waals surface area contributed by atoms with E-state index in [2.05, 4.69) is 15.2 Å². The number of carbonyl (C=O) groups excluding carboxylic acids is 1. The van der Waals surface area contributed by atoms with E-state index >= 15 is 0 Å². The first-order chi connectivity index (χ1) is 13.5. The fourth-order valence-corrected chi connectivity index (χ4v) is 3.45. The summed E-state index contributed by atoms with van der Waals surface area (Å²) in [6.45, 7) is 6.73. The third kappa shape index (κ3) is 3.16. The molecule has 0 radical (unpaired) electrons. The second-order valence-corrected chi connectivity index (χ2v) is 6.93. The van der Waals surface area contributed by atoms with Crippen LogP contribution in [0.15, 0.2) is 33.7 Å². The highest BCUT2D eigenvalue weighted by Gasteiger charge is 2.23. The summed E-state index contributed by atoms with van der Waals surface area (Å²) in [5, 5.41) is 3.10. The quantitative estimate of drug-likeness (QED) is 0.747. The average molecular weight is 382 g/mol. The van der Waals surface area contributed by atoms with Crippen LogP contribution in [0.5, 0.6) is 0 Å². The molecule has 1 aromatic carbocycles. The number of fused-ring (bicyclic) bond motifs is 1. The van der Waals surface area contributed by atoms with Crippen molar-refractivity contribution >= 4 is 28.4 Å². The van der Waals surface area contributed by atoms with Crippen LogP contribution < -0.4 is 15.8 Å². The average Bonchev–Trinajstić information content (AvgIpc) is 3.04. The zero-order valence-electron chi connectivity index (χ0n) is 16.1. The van der Waals surface area contributed by atoms with Gasteiger partial charge in [0, 0.05) is 31.5 Å². The Balaban J connectivity index is 1.64. The zero-order chi connectivity index (χ0) is 19.8. The highest BCUT2D eigenvalue weighted by Crippen LogP contribution is 2.26. The van der Waals surface area contributed by atoms with Gasteiger partial charge in [0.25, 0.3) is 11.5 Å². The third-order valence-corrected chi connectivity index (χ3v) is 5.01. The molecular weight excluding hydrogens is 360 g/mol. The van der Waals surface area contributed by atoms with Gasteiger partial charge in [0.15, 0.2) is 0 Å². The van der Waals surface area contributed by atoms with Crippen molar-refractivity contribution in [3.05, 3.63) is 51.8 Å². The molecule has 2 aromatic heterocycles. The van der Waals surface area contributed by atoms with Gasteiger partial charge in [0.2, 0.25) is 5.71 Å². The molecule has 3 heterocycles. The Labute approximate surface area is 161 Å². The summed E-state index contributed by atoms with van der Waals surface area (Å²) in [6.07, 6.45) is 1.38. The minimum Gasteiger partial charge on any atom is -0.442 e. The first-order valence-electron chi connectivity index (χ1n) is 9.15. The molecule has 1 amide bonds. The molecule has 0 atom stereocenters. The van der Waals surface area contributed by atoms with Crippen molar-refractivity contribution in [2.24, 2.45) is 7.05 Å². The van der Waals surface area contributed by atoms with Gasteiger partial charge in [0.1, 0.15) is 17.5 Å². The summed E-state index contributed by atoms with van der Waals surface area (Å²) in [6, 6.07) is 5.91. The van der Waals surface area contributed by atoms with Crippen LogP contribution in [-0.4, -0.2) is 41.8 Å². The number of nitrogens with one attached hydrogen (secondary N) is 1. The number of aromatic nitrogens is 2. The molecule has 146 valence electrons. The maximum absolute atomic E-state index is 12.9. The molecule has 1 aliphatic rings. The van der Waals surface area contributed by atoms with Gasteiger partial charge in [-0.1, -0.05) is 0 Å². The van der Waals surface area contributed by atoms with E-state index in [4.69, 9.17) is 9.15 Å². The lowest BCUT2D eigenvalue weighted by Gasteiger charge is -2.29. The van der Waals surface area contributed by atoms with Crippen LogP contribution in [-0.2, 0) is 11.8 Å². The summed E-state index contributed by atoms with van der Waals surface area (Å²) >= 11 is 0. The van der Waals surface area contributed by atoms with Crippen LogP contribution in [0.4, 0.5) is 11.4 Å². The molecule has 1 aliphatic heterocycles. The van der Waals surface area contributed by atoms with Gasteiger partial charge in [-0.15, -0.1) is 0 Å². The molecule has 0 spiro atoms. The number of furan rings is 1. The van der Waals surface area contributed by atoms with Crippen molar-refractivity contribution in [1.82, 2.24) is 9.55 Å². The predicted octanol–water partition coefficient (Wildman–Crippen LogP) is 2.23. The molecule has 1 N–H and O–H groups in total. The van der Waals surface area contributed by atoms with Crippen molar-refractivity contribution in [1.29, 1.82) is 0 Å². The van der Waals surface area contributed by atoms with Crippen molar-refractivity contribution in [2.45, 2.75) is 13.8 Å². The van der Waals surface area contributed by atoms with Crippen LogP contribution >= 0.6 is 0 Å². The Morgan fingerprint density at radius 3 is 2.68 bits per heavy atom. The number of amides is 1. The van der Waals surface area contributed by atoms with Gasteiger partial charge in [-0.2, -0.15) is 0 Å². The SMILES string of the molecule is Cc1cc(N2CCOCC2)ccc1NC(=O)c1c(C)oc2ncn(C)c(=O)c12. The van der Waals surface area contributed by atoms with Gasteiger partial charge in [-0.25, -0.2) is 4.98 Å². The molecule has 3 aromatic rings. The predicted molar refractivity (Wildman–Crippen MR) is 106 cm³/mol. The number of rotatable bonds is 3. The van der Waals surface area contributed by atoms with Gasteiger partial charge < -0.3 is 23.9 Å². The summed E-state index contributed by atoms with van der Waals surface area (Å²) < 4.78 is 12.2. The summed E-state index contributed by atoms with van der Waals surface area (Å²) in [5.41, 5.74) is 2.81. The van der Waals surface area contributed by atoms with E-state index in [1.54, 1.807) is 14.0 Å². The van der Waals surface area contributed by atoms with Crippen molar-refractivity contribution in [3.8, 4) is 0 Å². The first kappa shape index (κ1) is 18.2. The Bertz CT molecular complexity index is 1110. The van der Waals surface area contributed by atoms with Crippen LogP contribution in [0.1, 0.15) is 21.7 Å². The fraction of sp³-hybridized carbons (Fsp3) is 0.350. The first-order valence-corrected chi connectivity index (χ1v) is 9.15. The zero-order valence-corrected chi connectivity index (χ0v) is 16.1. The van der Waals surface area contributed by atoms with Gasteiger partial charge in [-0.05, 0) is 37.6 Å². The van der Waals surface area contributed by atoms with E-state index in [9.17, 15) is 9.59 Å². The lowest BCUT2D eigenvalue weighted by Crippen LogP contribution is -2.36. The number of anilines is 2. The Morgan fingerprint density at radius 2 is 1.96 bits per heavy atom. The van der Waals surface area contributed by atoms with Crippen LogP contribution in [0.2, 0.25) is 0 Å². The lowest BCUT2D eigenvalue weighted by molar-refractivity contribution is 0.102. The van der Waals surface area contributed by atoms with Crippen LogP contribution in [0, 0.1) is 13.8 Å². The molecule has 4 rings (SSSR count). The fourth-order valence-electron chi connectivity index (χ4n) is 3.45. The summed E-state index contributed by atoms with van der Waals surface area (Å²) in [5.74, 6) is -0.0190. The monoisotopic (exact) mass is 382 g/mol. The van der Waals surface area contributed by atoms with Crippen LogP contribution in [0.25, 0.3) is 11.1 Å². The minimum absolute atomic E-state index is 0.171. The molecule has 8 heteroatoms. The number of carbonyl (C=O) groups is 1. The Morgan fingerprint density at radius 1 is 1.21 bits per heavy atom. The van der Waals surface area contributed by atoms with Crippen molar-refractivity contribution in [3.63, 3.8) is 0 Å². The van der Waals surface area contributed by atoms with Crippen molar-refractivity contribution in [2.75, 3.05) is 36.5 Å². The Kier molecular flexibility index (Phi) is 4.64. The summed E-state index contributed by atoms with van der Waals surface area (Å²) in [7, 11) is 1.59. The van der Waals surface area contributed by atoms with E-state index in [0.717, 1.165) is 24.3 Å². The molecule has 1 fully saturated rings. The van der Waals surface area contributed by atoms with Gasteiger partial charge >= 0.3 is 0 Å². The maximum atomic E-state index is 12.9. The topological polar surface area (TPSA) is 89.6 Å². The second kappa shape index (κ2) is 7.12. The molecule has 1 saturated heterocycles. The number of benzene rings is 1. The Hall–Kier alpha value is -3.13. The molecule has 28 heavy (non-hydrogen) atoms. The highest BCUT2D eigenvalue weighted by molar-refractivity contribution is 6.12. The largest absolute Gasteiger partial charge is 0.442 e. The second-order valence-electron chi connectivity index (χ2n) is 6.93. The molecule has 0 unspecified atom stereocenters. The normalized spacial score (nSPS) is 14.5. The maximum Gasteiger partial charge on any atom is 0.265 e. The lowest BCUT2D eigenvalue weighted by atomic mass is 10.1. The smallest absolute Gasteiger partial charge is 0.265 e. The van der Waals surface area contributed by atoms with E-state index in [1.807, 2.05) is 25.1 Å². The molecule has 0 bridgehead atoms. The number of aryl methyl sites for hydroxylation is 3. The van der Waals surface area contributed by atoms with Crippen LogP contribution in [0.3, 0.4) is 0 Å². The van der Waals surface area contributed by atoms with E-state index < -0.39 is 0 Å². The van der Waals surface area contributed by atoms with E-state index in [0.29, 0.717) is 24.7 Å². The van der Waals surface area contributed by atoms with Gasteiger partial charge in [-0.3, -0.25) is 9.59 Å². The number of nitrogens with zero attached hydrogens (tertiary/aromatic N) is 3. The minimum atomic E-state index is -0.386. The summed E-state index contributed by atoms with van der Waals surface area (Å²) in [4.78, 5) is 31.8. The van der Waals surface area contributed by atoms with Crippen molar-refractivity contribution < 1.29 is 13.9 Å². The molecule has 0 aliphatic carbocycles. The third-order valence-electron chi connectivity index (χ3n) is 5.01. The number of ether oxygens (including phenoxy) is 1. The standard InChI is InChI=1S/C20H22N4O4/c1-12-10-14(24-6-8-27-9-7-24)4-5-15(12)22-18(25)16-13(2)28-19-17(16)20(26)23(3)11-21-19/h4-5,10-11H,6-9H2,1-3H3,(H,22,25).